The lowest BCUT2D eigenvalue weighted by Gasteiger charge is -2.23. The summed E-state index contributed by atoms with van der Waals surface area (Å²) < 4.78 is 11.3. The van der Waals surface area contributed by atoms with Crippen LogP contribution in [0.25, 0.3) is 11.1 Å². The maximum absolute atomic E-state index is 13.4. The van der Waals surface area contributed by atoms with E-state index in [0.29, 0.717) is 41.7 Å². The van der Waals surface area contributed by atoms with Crippen LogP contribution in [-0.2, 0) is 27.2 Å². The Labute approximate surface area is 222 Å². The Morgan fingerprint density at radius 1 is 1.30 bits per heavy atom. The molecule has 0 unspecified atom stereocenters. The summed E-state index contributed by atoms with van der Waals surface area (Å²) in [7, 11) is 1.64. The molecular weight excluding hydrogens is 516 g/mol. The quantitative estimate of drug-likeness (QED) is 0.296. The van der Waals surface area contributed by atoms with Crippen molar-refractivity contribution in [2.45, 2.75) is 37.8 Å². The van der Waals surface area contributed by atoms with Crippen molar-refractivity contribution in [2.75, 3.05) is 19.0 Å². The maximum Gasteiger partial charge on any atom is 0.303 e. The first-order chi connectivity index (χ1) is 17.9. The summed E-state index contributed by atoms with van der Waals surface area (Å²) >= 11 is 7.97. The van der Waals surface area contributed by atoms with Gasteiger partial charge in [0.15, 0.2) is 5.58 Å². The fraction of sp³-hybridized carbons (Fsp3) is 0.308. The van der Waals surface area contributed by atoms with Crippen LogP contribution in [0.2, 0.25) is 5.02 Å². The summed E-state index contributed by atoms with van der Waals surface area (Å²) in [5.41, 5.74) is 2.82. The van der Waals surface area contributed by atoms with Crippen LogP contribution < -0.4 is 5.32 Å². The second-order valence-corrected chi connectivity index (χ2v) is 10.4. The Bertz CT molecular complexity index is 1400. The SMILES string of the molecule is CO[C@H]1C[C@@H](c2ncc(CCC(=O)O)s2)N(C(=O)Cc2ccc(Nc3nc4ccccc4o3)c(Cl)c2)C1. The Morgan fingerprint density at radius 3 is 2.89 bits per heavy atom. The number of anilines is 2. The third-order valence-corrected chi connectivity index (χ3v) is 7.75. The van der Waals surface area contributed by atoms with Gasteiger partial charge in [-0.1, -0.05) is 29.8 Å². The first-order valence-electron chi connectivity index (χ1n) is 11.8. The number of thiazole rings is 1. The number of nitrogens with zero attached hydrogens (tertiary/aromatic N) is 3. The van der Waals surface area contributed by atoms with E-state index in [0.717, 1.165) is 21.0 Å². The molecule has 1 aliphatic heterocycles. The number of carbonyl (C=O) groups is 2. The van der Waals surface area contributed by atoms with E-state index in [1.807, 2.05) is 30.3 Å². The molecule has 1 saturated heterocycles. The third-order valence-electron chi connectivity index (χ3n) is 6.28. The highest BCUT2D eigenvalue weighted by molar-refractivity contribution is 7.11. The van der Waals surface area contributed by atoms with Gasteiger partial charge in [-0.05, 0) is 36.2 Å². The number of fused-ring (bicyclic) bond motifs is 1. The summed E-state index contributed by atoms with van der Waals surface area (Å²) in [4.78, 5) is 35.8. The molecule has 2 N–H and O–H groups in total. The summed E-state index contributed by atoms with van der Waals surface area (Å²) in [6, 6.07) is 13.0. The van der Waals surface area contributed by atoms with E-state index in [1.165, 1.54) is 11.3 Å². The first-order valence-corrected chi connectivity index (χ1v) is 13.0. The zero-order valence-electron chi connectivity index (χ0n) is 20.0. The molecule has 0 aliphatic carbocycles. The van der Waals surface area contributed by atoms with Crippen molar-refractivity contribution in [3.8, 4) is 0 Å². The molecule has 2 aromatic heterocycles. The van der Waals surface area contributed by atoms with Gasteiger partial charge in [0.25, 0.3) is 6.01 Å². The molecule has 0 spiro atoms. The molecule has 2 atom stereocenters. The lowest BCUT2D eigenvalue weighted by molar-refractivity contribution is -0.137. The highest BCUT2D eigenvalue weighted by Gasteiger charge is 2.38. The number of carboxylic acids is 1. The number of halogens is 1. The highest BCUT2D eigenvalue weighted by atomic mass is 35.5. The van der Waals surface area contributed by atoms with Crippen molar-refractivity contribution in [1.82, 2.24) is 14.9 Å². The molecule has 1 aliphatic rings. The highest BCUT2D eigenvalue weighted by Crippen LogP contribution is 2.36. The number of likely N-dealkylation sites (tertiary alicyclic amines) is 1. The normalized spacial score (nSPS) is 17.4. The number of aliphatic carboxylic acids is 1. The number of aryl methyl sites for hydroxylation is 1. The molecule has 1 amide bonds. The van der Waals surface area contributed by atoms with Gasteiger partial charge in [-0.15, -0.1) is 11.3 Å². The van der Waals surface area contributed by atoms with Crippen molar-refractivity contribution in [3.63, 3.8) is 0 Å². The van der Waals surface area contributed by atoms with Gasteiger partial charge in [0, 0.05) is 31.1 Å². The average Bonchev–Trinajstić information content (AvgIpc) is 3.61. The second kappa shape index (κ2) is 10.9. The number of nitrogens with one attached hydrogen (secondary N) is 1. The maximum atomic E-state index is 13.4. The van der Waals surface area contributed by atoms with Crippen LogP contribution in [0.3, 0.4) is 0 Å². The predicted molar refractivity (Wildman–Crippen MR) is 140 cm³/mol. The van der Waals surface area contributed by atoms with Crippen LogP contribution in [0.4, 0.5) is 11.7 Å². The van der Waals surface area contributed by atoms with E-state index >= 15 is 0 Å². The minimum absolute atomic E-state index is 0.0493. The van der Waals surface area contributed by atoms with Gasteiger partial charge in [0.05, 0.1) is 35.7 Å². The van der Waals surface area contributed by atoms with Crippen LogP contribution in [0.5, 0.6) is 0 Å². The van der Waals surface area contributed by atoms with Crippen LogP contribution in [0, 0.1) is 0 Å². The molecule has 1 fully saturated rings. The Balaban J connectivity index is 1.27. The Kier molecular flexibility index (Phi) is 7.40. The van der Waals surface area contributed by atoms with E-state index in [2.05, 4.69) is 15.3 Å². The monoisotopic (exact) mass is 540 g/mol. The number of rotatable bonds is 9. The molecule has 3 heterocycles. The fourth-order valence-corrected chi connectivity index (χ4v) is 5.68. The standard InChI is InChI=1S/C26H25ClN4O5S/c1-35-16-12-21(25-28-13-17(37-25)7-9-24(33)34)31(14-16)23(32)11-15-6-8-19(18(27)10-15)29-26-30-20-4-2-3-5-22(20)36-26/h2-6,8,10,13,16,21H,7,9,11-12,14H2,1H3,(H,29,30)(H,33,34)/t16-,21-/m0/s1. The number of ether oxygens (including phenoxy) is 1. The number of carboxylic acid groups (broad SMARTS) is 1. The van der Waals surface area contributed by atoms with E-state index in [1.54, 1.807) is 30.3 Å². The van der Waals surface area contributed by atoms with E-state index < -0.39 is 5.97 Å². The van der Waals surface area contributed by atoms with Crippen molar-refractivity contribution >= 4 is 57.6 Å². The van der Waals surface area contributed by atoms with Crippen LogP contribution in [0.1, 0.15) is 34.3 Å². The summed E-state index contributed by atoms with van der Waals surface area (Å²) in [5, 5.41) is 13.3. The average molecular weight is 541 g/mol. The van der Waals surface area contributed by atoms with Gasteiger partial charge in [-0.25, -0.2) is 4.98 Å². The Hall–Kier alpha value is -3.47. The third kappa shape index (κ3) is 5.76. The molecule has 0 radical (unpaired) electrons. The molecule has 0 bridgehead atoms. The number of hydrogen-bond donors (Lipinski definition) is 2. The number of para-hydroxylation sites is 2. The summed E-state index contributed by atoms with van der Waals surface area (Å²) in [6.45, 7) is 0.467. The molecule has 5 rings (SSSR count). The molecular formula is C26H25ClN4O5S. The minimum Gasteiger partial charge on any atom is -0.481 e. The molecule has 9 nitrogen and oxygen atoms in total. The summed E-state index contributed by atoms with van der Waals surface area (Å²) in [5.74, 6) is -0.900. The fourth-order valence-electron chi connectivity index (χ4n) is 4.39. The molecule has 2 aromatic carbocycles. The predicted octanol–water partition coefficient (Wildman–Crippen LogP) is 5.23. The lowest BCUT2D eigenvalue weighted by atomic mass is 10.1. The van der Waals surface area contributed by atoms with Crippen molar-refractivity contribution in [1.29, 1.82) is 0 Å². The van der Waals surface area contributed by atoms with Gasteiger partial charge < -0.3 is 24.5 Å². The second-order valence-electron chi connectivity index (χ2n) is 8.82. The minimum atomic E-state index is -0.846. The molecule has 4 aromatic rings. The number of carbonyl (C=O) groups excluding carboxylic acids is 1. The van der Waals surface area contributed by atoms with Crippen LogP contribution in [0.15, 0.2) is 53.1 Å². The number of aromatic nitrogens is 2. The van der Waals surface area contributed by atoms with Gasteiger partial charge >= 0.3 is 5.97 Å². The zero-order valence-corrected chi connectivity index (χ0v) is 21.6. The van der Waals surface area contributed by atoms with Gasteiger partial charge in [0.1, 0.15) is 10.5 Å². The first kappa shape index (κ1) is 25.2. The molecule has 0 saturated carbocycles. The smallest absolute Gasteiger partial charge is 0.303 e. The van der Waals surface area contributed by atoms with Crippen LogP contribution in [-0.4, -0.2) is 51.6 Å². The Morgan fingerprint density at radius 2 is 2.14 bits per heavy atom. The van der Waals surface area contributed by atoms with Crippen molar-refractivity contribution in [2.24, 2.45) is 0 Å². The largest absolute Gasteiger partial charge is 0.481 e. The van der Waals surface area contributed by atoms with Gasteiger partial charge in [-0.2, -0.15) is 4.98 Å². The summed E-state index contributed by atoms with van der Waals surface area (Å²) in [6.07, 6.45) is 2.90. The van der Waals surface area contributed by atoms with Gasteiger partial charge in [-0.3, -0.25) is 9.59 Å². The van der Waals surface area contributed by atoms with Gasteiger partial charge in [0.2, 0.25) is 5.91 Å². The zero-order chi connectivity index (χ0) is 25.9. The van der Waals surface area contributed by atoms with E-state index in [-0.39, 0.29) is 30.9 Å². The number of benzene rings is 2. The number of oxazole rings is 1. The van der Waals surface area contributed by atoms with E-state index in [9.17, 15) is 9.59 Å². The molecule has 11 heteroatoms. The van der Waals surface area contributed by atoms with E-state index in [4.69, 9.17) is 25.9 Å². The molecule has 37 heavy (non-hydrogen) atoms. The van der Waals surface area contributed by atoms with Crippen LogP contribution >= 0.6 is 22.9 Å². The number of amides is 1. The van der Waals surface area contributed by atoms with Crippen molar-refractivity contribution < 1.29 is 23.8 Å². The topological polar surface area (TPSA) is 118 Å². The van der Waals surface area contributed by atoms with Crippen molar-refractivity contribution in [3.05, 3.63) is 69.1 Å². The number of hydrogen-bond acceptors (Lipinski definition) is 8. The lowest BCUT2D eigenvalue weighted by Crippen LogP contribution is -2.33. The number of methoxy groups -OCH3 is 1. The molecule has 192 valence electrons.